The minimum absolute atomic E-state index is 0.161. The summed E-state index contributed by atoms with van der Waals surface area (Å²) < 4.78 is 0. The Hall–Kier alpha value is -2.27. The summed E-state index contributed by atoms with van der Waals surface area (Å²) in [5, 5.41) is 29.6. The fourth-order valence-corrected chi connectivity index (χ4v) is 3.79. The van der Waals surface area contributed by atoms with Crippen LogP contribution in [0, 0.1) is 5.92 Å². The molecule has 3 unspecified atom stereocenters. The van der Waals surface area contributed by atoms with Gasteiger partial charge in [-0.2, -0.15) is 0 Å². The van der Waals surface area contributed by atoms with E-state index in [0.717, 1.165) is 16.7 Å². The van der Waals surface area contributed by atoms with Crippen LogP contribution in [-0.2, 0) is 11.2 Å². The lowest BCUT2D eigenvalue weighted by atomic mass is 9.94. The van der Waals surface area contributed by atoms with E-state index < -0.39 is 17.6 Å². The predicted molar refractivity (Wildman–Crippen MR) is 90.5 cm³/mol. The molecule has 1 aromatic carbocycles. The number of phenols is 1. The van der Waals surface area contributed by atoms with Gasteiger partial charge in [0, 0.05) is 19.2 Å². The number of phenolic OH excluding ortho intramolecular Hbond substituents is 1. The van der Waals surface area contributed by atoms with Crippen LogP contribution in [0.1, 0.15) is 25.8 Å². The molecule has 0 amide bonds. The van der Waals surface area contributed by atoms with Crippen LogP contribution in [0.5, 0.6) is 5.75 Å². The molecule has 5 nitrogen and oxygen atoms in total. The van der Waals surface area contributed by atoms with E-state index >= 15 is 0 Å². The molecule has 3 N–H and O–H groups in total. The van der Waals surface area contributed by atoms with Gasteiger partial charge in [0.2, 0.25) is 0 Å². The molecule has 3 rings (SSSR count). The molecule has 24 heavy (non-hydrogen) atoms. The fraction of sp³-hybridized carbons (Fsp3) is 0.421. The first-order valence-corrected chi connectivity index (χ1v) is 8.18. The molecular weight excluding hydrogens is 306 g/mol. The highest BCUT2D eigenvalue weighted by atomic mass is 16.4. The van der Waals surface area contributed by atoms with Crippen molar-refractivity contribution >= 4 is 5.97 Å². The van der Waals surface area contributed by atoms with E-state index in [9.17, 15) is 20.1 Å². The Morgan fingerprint density at radius 3 is 2.67 bits per heavy atom. The van der Waals surface area contributed by atoms with Gasteiger partial charge in [-0.05, 0) is 54.2 Å². The second-order valence-electron chi connectivity index (χ2n) is 7.03. The van der Waals surface area contributed by atoms with Gasteiger partial charge in [-0.15, -0.1) is 0 Å². The van der Waals surface area contributed by atoms with Crippen molar-refractivity contribution < 1.29 is 20.1 Å². The Morgan fingerprint density at radius 2 is 2.04 bits per heavy atom. The molecule has 0 fully saturated rings. The molecule has 1 aliphatic heterocycles. The van der Waals surface area contributed by atoms with Crippen LogP contribution in [0.2, 0.25) is 0 Å². The second kappa shape index (κ2) is 5.98. The Kier molecular flexibility index (Phi) is 4.13. The molecular formula is C19H23NO4. The molecule has 0 bridgehead atoms. The van der Waals surface area contributed by atoms with Crippen molar-refractivity contribution in [3.05, 3.63) is 53.3 Å². The zero-order valence-electron chi connectivity index (χ0n) is 13.9. The van der Waals surface area contributed by atoms with Crippen LogP contribution in [-0.4, -0.2) is 44.4 Å². The molecule has 1 aliphatic carbocycles. The summed E-state index contributed by atoms with van der Waals surface area (Å²) in [5.74, 6) is -0.453. The Morgan fingerprint density at radius 1 is 1.38 bits per heavy atom. The maximum absolute atomic E-state index is 11.8. The van der Waals surface area contributed by atoms with E-state index in [1.807, 2.05) is 12.3 Å². The number of aliphatic carboxylic acids is 1. The fourth-order valence-electron chi connectivity index (χ4n) is 3.79. The number of hydrogen-bond acceptors (Lipinski definition) is 4. The van der Waals surface area contributed by atoms with Crippen LogP contribution in [0.15, 0.2) is 47.7 Å². The molecule has 128 valence electrons. The summed E-state index contributed by atoms with van der Waals surface area (Å²) in [7, 11) is 0. The number of hydrogen-bond donors (Lipinski definition) is 3. The van der Waals surface area contributed by atoms with Gasteiger partial charge < -0.3 is 20.2 Å². The van der Waals surface area contributed by atoms with Crippen LogP contribution >= 0.6 is 0 Å². The highest BCUT2D eigenvalue weighted by Crippen LogP contribution is 2.42. The third-order valence-corrected chi connectivity index (χ3v) is 5.07. The first-order chi connectivity index (χ1) is 11.3. The summed E-state index contributed by atoms with van der Waals surface area (Å²) >= 11 is 0. The molecule has 3 atom stereocenters. The zero-order valence-corrected chi connectivity index (χ0v) is 13.9. The Balaban J connectivity index is 1.81. The largest absolute Gasteiger partial charge is 0.508 e. The van der Waals surface area contributed by atoms with Gasteiger partial charge in [-0.1, -0.05) is 19.1 Å². The van der Waals surface area contributed by atoms with E-state index in [2.05, 4.69) is 6.92 Å². The summed E-state index contributed by atoms with van der Waals surface area (Å²) in [6.45, 7) is 4.32. The standard InChI is InChI=1S/C19H23NO4/c1-12-10-19(2,24)16-11-20(8-7-15(12)16)17(18(22)23)9-13-3-5-14(21)6-4-13/h3-8,12,17,21,24H,9-11H2,1-2H3,(H,22,23). The smallest absolute Gasteiger partial charge is 0.326 e. The van der Waals surface area contributed by atoms with E-state index in [1.165, 1.54) is 0 Å². The number of rotatable bonds is 4. The average Bonchev–Trinajstić information content (AvgIpc) is 2.75. The van der Waals surface area contributed by atoms with Crippen molar-refractivity contribution in [2.24, 2.45) is 5.92 Å². The quantitative estimate of drug-likeness (QED) is 0.790. The number of carboxylic acids is 1. The molecule has 0 saturated carbocycles. The topological polar surface area (TPSA) is 81.0 Å². The van der Waals surface area contributed by atoms with Gasteiger partial charge in [0.1, 0.15) is 11.8 Å². The molecule has 0 aromatic heterocycles. The van der Waals surface area contributed by atoms with Crippen LogP contribution in [0.4, 0.5) is 0 Å². The number of aliphatic hydroxyl groups is 1. The van der Waals surface area contributed by atoms with Gasteiger partial charge >= 0.3 is 5.97 Å². The average molecular weight is 329 g/mol. The molecule has 1 aromatic rings. The highest BCUT2D eigenvalue weighted by Gasteiger charge is 2.41. The number of aromatic hydroxyl groups is 1. The van der Waals surface area contributed by atoms with E-state index in [-0.39, 0.29) is 11.7 Å². The lowest BCUT2D eigenvalue weighted by molar-refractivity contribution is -0.142. The maximum atomic E-state index is 11.8. The van der Waals surface area contributed by atoms with Crippen molar-refractivity contribution in [2.45, 2.75) is 38.3 Å². The van der Waals surface area contributed by atoms with Crippen molar-refractivity contribution in [1.29, 1.82) is 0 Å². The third kappa shape index (κ3) is 3.04. The molecule has 5 heteroatoms. The minimum atomic E-state index is -0.900. The normalized spacial score (nSPS) is 27.3. The number of carboxylic acid groups (broad SMARTS) is 1. The monoisotopic (exact) mass is 329 g/mol. The van der Waals surface area contributed by atoms with Crippen LogP contribution in [0.3, 0.4) is 0 Å². The predicted octanol–water partition coefficient (Wildman–Crippen LogP) is 2.30. The SMILES string of the molecule is CC1CC(C)(O)C2=C1C=CN(C(Cc1ccc(O)cc1)C(=O)O)C2. The van der Waals surface area contributed by atoms with Crippen LogP contribution < -0.4 is 0 Å². The summed E-state index contributed by atoms with van der Waals surface area (Å²) in [6, 6.07) is 5.87. The van der Waals surface area contributed by atoms with Gasteiger partial charge in [0.05, 0.1) is 5.60 Å². The van der Waals surface area contributed by atoms with Crippen molar-refractivity contribution in [2.75, 3.05) is 6.54 Å². The lowest BCUT2D eigenvalue weighted by Gasteiger charge is -2.34. The summed E-state index contributed by atoms with van der Waals surface area (Å²) in [6.07, 6.45) is 4.78. The van der Waals surface area contributed by atoms with Gasteiger partial charge in [0.15, 0.2) is 0 Å². The molecule has 2 aliphatic rings. The number of benzene rings is 1. The second-order valence-corrected chi connectivity index (χ2v) is 7.03. The van der Waals surface area contributed by atoms with Crippen molar-refractivity contribution in [1.82, 2.24) is 4.90 Å². The number of nitrogens with zero attached hydrogens (tertiary/aromatic N) is 1. The van der Waals surface area contributed by atoms with Gasteiger partial charge in [-0.3, -0.25) is 0 Å². The molecule has 0 saturated heterocycles. The number of allylic oxidation sites excluding steroid dienone is 2. The van der Waals surface area contributed by atoms with Gasteiger partial charge in [0.25, 0.3) is 0 Å². The molecule has 0 radical (unpaired) electrons. The molecule has 0 spiro atoms. The van der Waals surface area contributed by atoms with E-state index in [4.69, 9.17) is 0 Å². The minimum Gasteiger partial charge on any atom is -0.508 e. The third-order valence-electron chi connectivity index (χ3n) is 5.07. The Bertz CT molecular complexity index is 703. The lowest BCUT2D eigenvalue weighted by Crippen LogP contribution is -2.43. The van der Waals surface area contributed by atoms with E-state index in [0.29, 0.717) is 19.4 Å². The molecule has 1 heterocycles. The zero-order chi connectivity index (χ0) is 17.5. The maximum Gasteiger partial charge on any atom is 0.326 e. The summed E-state index contributed by atoms with van der Waals surface area (Å²) in [5.41, 5.74) is 2.03. The number of carbonyl (C=O) groups is 1. The van der Waals surface area contributed by atoms with Crippen molar-refractivity contribution in [3.63, 3.8) is 0 Å². The van der Waals surface area contributed by atoms with Crippen LogP contribution in [0.25, 0.3) is 0 Å². The van der Waals surface area contributed by atoms with Crippen molar-refractivity contribution in [3.8, 4) is 5.75 Å². The first-order valence-electron chi connectivity index (χ1n) is 8.18. The highest BCUT2D eigenvalue weighted by molar-refractivity contribution is 5.74. The Labute approximate surface area is 141 Å². The van der Waals surface area contributed by atoms with E-state index in [1.54, 1.807) is 36.1 Å². The first kappa shape index (κ1) is 16.6. The van der Waals surface area contributed by atoms with Gasteiger partial charge in [-0.25, -0.2) is 4.79 Å². The summed E-state index contributed by atoms with van der Waals surface area (Å²) in [4.78, 5) is 13.6.